The number of carbonyl (C=O) groups is 3. The second-order valence-corrected chi connectivity index (χ2v) is 6.27. The number of nitrogen functional groups attached to an aromatic ring is 1. The molecule has 1 heterocycles. The summed E-state index contributed by atoms with van der Waals surface area (Å²) in [5.41, 5.74) is 7.79. The van der Waals surface area contributed by atoms with Crippen LogP contribution in [0.3, 0.4) is 0 Å². The summed E-state index contributed by atoms with van der Waals surface area (Å²) in [7, 11) is 0. The summed E-state index contributed by atoms with van der Waals surface area (Å²) in [5.74, 6) is -0.0541. The van der Waals surface area contributed by atoms with Crippen LogP contribution in [0.25, 0.3) is 0 Å². The van der Waals surface area contributed by atoms with Gasteiger partial charge in [-0.25, -0.2) is 14.4 Å². The van der Waals surface area contributed by atoms with E-state index in [1.165, 1.54) is 4.90 Å². The Morgan fingerprint density at radius 2 is 1.87 bits per heavy atom. The van der Waals surface area contributed by atoms with Crippen molar-refractivity contribution in [2.75, 3.05) is 16.8 Å². The highest BCUT2D eigenvalue weighted by atomic mass is 16.8. The average molecular weight is 413 g/mol. The highest BCUT2D eigenvalue weighted by molar-refractivity contribution is 5.96. The molecular formula is C19H19N5O6. The molecule has 11 nitrogen and oxygen atoms in total. The molecule has 3 rings (SSSR count). The Bertz CT molecular complexity index is 960. The zero-order valence-corrected chi connectivity index (χ0v) is 15.6. The molecule has 0 radical (unpaired) electrons. The molecule has 1 atom stereocenters. The highest BCUT2D eigenvalue weighted by Crippen LogP contribution is 2.22. The van der Waals surface area contributed by atoms with E-state index in [9.17, 15) is 14.4 Å². The fourth-order valence-corrected chi connectivity index (χ4v) is 2.71. The molecule has 1 fully saturated rings. The van der Waals surface area contributed by atoms with E-state index in [1.54, 1.807) is 48.5 Å². The van der Waals surface area contributed by atoms with Crippen molar-refractivity contribution in [1.29, 1.82) is 5.41 Å². The van der Waals surface area contributed by atoms with Crippen molar-refractivity contribution in [3.05, 3.63) is 59.7 Å². The summed E-state index contributed by atoms with van der Waals surface area (Å²) in [5, 5.41) is 21.3. The van der Waals surface area contributed by atoms with Gasteiger partial charge in [-0.05, 0) is 42.0 Å². The van der Waals surface area contributed by atoms with E-state index >= 15 is 0 Å². The Morgan fingerprint density at radius 3 is 2.47 bits per heavy atom. The lowest BCUT2D eigenvalue weighted by atomic mass is 10.2. The predicted octanol–water partition coefficient (Wildman–Crippen LogP) is 2.27. The third-order valence-corrected chi connectivity index (χ3v) is 4.17. The zero-order valence-electron chi connectivity index (χ0n) is 15.6. The van der Waals surface area contributed by atoms with Crippen LogP contribution in [0.1, 0.15) is 11.1 Å². The number of amidine groups is 1. The maximum atomic E-state index is 12.0. The molecule has 30 heavy (non-hydrogen) atoms. The minimum atomic E-state index is -1.52. The van der Waals surface area contributed by atoms with Gasteiger partial charge in [0.05, 0.1) is 0 Å². The van der Waals surface area contributed by atoms with Crippen LogP contribution < -0.4 is 21.3 Å². The Balaban J connectivity index is 1.51. The lowest BCUT2D eigenvalue weighted by molar-refractivity contribution is -0.0491. The predicted molar refractivity (Wildman–Crippen MR) is 106 cm³/mol. The van der Waals surface area contributed by atoms with E-state index in [2.05, 4.69) is 15.4 Å². The third-order valence-electron chi connectivity index (χ3n) is 4.17. The number of benzene rings is 2. The number of hydrogen-bond acceptors (Lipinski definition) is 6. The van der Waals surface area contributed by atoms with Crippen molar-refractivity contribution >= 4 is 35.5 Å². The summed E-state index contributed by atoms with van der Waals surface area (Å²) in [6, 6.07) is 12.9. The molecule has 3 amide bonds. The second kappa shape index (κ2) is 8.82. The Hall–Kier alpha value is -4.28. The summed E-state index contributed by atoms with van der Waals surface area (Å²) in [6.07, 6.45) is -3.41. The Morgan fingerprint density at radius 1 is 1.20 bits per heavy atom. The molecule has 0 aromatic heterocycles. The van der Waals surface area contributed by atoms with Gasteiger partial charge in [0.1, 0.15) is 12.4 Å². The fraction of sp³-hybridized carbons (Fsp3) is 0.158. The molecule has 11 heteroatoms. The highest BCUT2D eigenvalue weighted by Gasteiger charge is 2.34. The first kappa shape index (κ1) is 20.5. The van der Waals surface area contributed by atoms with Gasteiger partial charge < -0.3 is 30.9 Å². The van der Waals surface area contributed by atoms with Crippen molar-refractivity contribution in [2.24, 2.45) is 5.73 Å². The van der Waals surface area contributed by atoms with Gasteiger partial charge in [-0.2, -0.15) is 0 Å². The monoisotopic (exact) mass is 413 g/mol. The summed E-state index contributed by atoms with van der Waals surface area (Å²) < 4.78 is 9.28. The number of cyclic esters (lactones) is 1. The molecular weight excluding hydrogens is 394 g/mol. The normalized spacial score (nSPS) is 15.3. The van der Waals surface area contributed by atoms with Crippen LogP contribution in [0.2, 0.25) is 0 Å². The Labute approximate surface area is 170 Å². The maximum Gasteiger partial charge on any atom is 0.508 e. The zero-order chi connectivity index (χ0) is 21.7. The first-order chi connectivity index (χ1) is 14.3. The number of carboxylic acid groups (broad SMARTS) is 1. The number of carbonyl (C=O) groups excluding carboxylic acids is 2. The van der Waals surface area contributed by atoms with E-state index in [-0.39, 0.29) is 18.9 Å². The molecule has 1 unspecified atom stereocenters. The SMILES string of the molecule is N=C(N)c1ccc(NC(=O)NCc2ccc(N3CC(OC(=O)O)OC3=O)cc2)cc1. The van der Waals surface area contributed by atoms with Crippen LogP contribution in [-0.4, -0.2) is 42.1 Å². The van der Waals surface area contributed by atoms with E-state index in [0.717, 1.165) is 5.56 Å². The van der Waals surface area contributed by atoms with E-state index in [4.69, 9.17) is 21.0 Å². The number of nitrogens with two attached hydrogens (primary N) is 1. The lowest BCUT2D eigenvalue weighted by Gasteiger charge is -2.13. The third kappa shape index (κ3) is 5.16. The maximum absolute atomic E-state index is 12.0. The van der Waals surface area contributed by atoms with Crippen molar-refractivity contribution in [3.63, 3.8) is 0 Å². The first-order valence-electron chi connectivity index (χ1n) is 8.78. The van der Waals surface area contributed by atoms with E-state index in [1.807, 2.05) is 0 Å². The van der Waals surface area contributed by atoms with Gasteiger partial charge in [0, 0.05) is 23.5 Å². The van der Waals surface area contributed by atoms with E-state index in [0.29, 0.717) is 16.9 Å². The minimum Gasteiger partial charge on any atom is -0.450 e. The number of hydrogen-bond donors (Lipinski definition) is 5. The van der Waals surface area contributed by atoms with Crippen molar-refractivity contribution in [2.45, 2.75) is 12.8 Å². The number of anilines is 2. The van der Waals surface area contributed by atoms with Gasteiger partial charge >= 0.3 is 18.3 Å². The van der Waals surface area contributed by atoms with Gasteiger partial charge in [0.2, 0.25) is 0 Å². The average Bonchev–Trinajstić information content (AvgIpc) is 3.06. The van der Waals surface area contributed by atoms with Gasteiger partial charge in [-0.15, -0.1) is 0 Å². The molecule has 2 aromatic carbocycles. The number of nitrogens with zero attached hydrogens (tertiary/aromatic N) is 1. The van der Waals surface area contributed by atoms with Gasteiger partial charge in [0.15, 0.2) is 0 Å². The number of rotatable bonds is 6. The number of amides is 3. The number of ether oxygens (including phenoxy) is 2. The van der Waals surface area contributed by atoms with Crippen molar-refractivity contribution in [1.82, 2.24) is 5.32 Å². The van der Waals surface area contributed by atoms with Crippen molar-refractivity contribution < 1.29 is 29.0 Å². The molecule has 0 bridgehead atoms. The van der Waals surface area contributed by atoms with Gasteiger partial charge in [-0.3, -0.25) is 10.3 Å². The molecule has 2 aromatic rings. The standard InChI is InChI=1S/C19H19N5O6/c20-16(21)12-3-5-13(6-4-12)23-17(25)22-9-11-1-7-14(8-2-11)24-10-15(29-18(24)26)30-19(27)28/h1-8,15H,9-10H2,(H3,20,21)(H,27,28)(H2,22,23,25). The topological polar surface area (TPSA) is 167 Å². The quantitative estimate of drug-likeness (QED) is 0.275. The van der Waals surface area contributed by atoms with Crippen LogP contribution in [-0.2, 0) is 16.0 Å². The molecule has 0 saturated carbocycles. The molecule has 156 valence electrons. The molecule has 6 N–H and O–H groups in total. The summed E-state index contributed by atoms with van der Waals surface area (Å²) >= 11 is 0. The smallest absolute Gasteiger partial charge is 0.450 e. The number of nitrogens with one attached hydrogen (secondary N) is 3. The van der Waals surface area contributed by atoms with Crippen LogP contribution >= 0.6 is 0 Å². The minimum absolute atomic E-state index is 0.0481. The summed E-state index contributed by atoms with van der Waals surface area (Å²) in [4.78, 5) is 35.7. The second-order valence-electron chi connectivity index (χ2n) is 6.27. The van der Waals surface area contributed by atoms with E-state index < -0.39 is 24.6 Å². The van der Waals surface area contributed by atoms with Crippen LogP contribution in [0.5, 0.6) is 0 Å². The van der Waals surface area contributed by atoms with Crippen LogP contribution in [0.15, 0.2) is 48.5 Å². The largest absolute Gasteiger partial charge is 0.508 e. The fourth-order valence-electron chi connectivity index (χ4n) is 2.71. The molecule has 0 aliphatic carbocycles. The molecule has 1 saturated heterocycles. The number of urea groups is 1. The van der Waals surface area contributed by atoms with Crippen molar-refractivity contribution in [3.8, 4) is 0 Å². The van der Waals surface area contributed by atoms with Gasteiger partial charge in [0.25, 0.3) is 6.29 Å². The van der Waals surface area contributed by atoms with Gasteiger partial charge in [-0.1, -0.05) is 12.1 Å². The lowest BCUT2D eigenvalue weighted by Crippen LogP contribution is -2.28. The summed E-state index contributed by atoms with van der Waals surface area (Å²) in [6.45, 7) is 0.195. The molecule has 1 aliphatic heterocycles. The Kier molecular flexibility index (Phi) is 6.01. The van der Waals surface area contributed by atoms with Crippen LogP contribution in [0.4, 0.5) is 25.8 Å². The molecule has 1 aliphatic rings. The molecule has 0 spiro atoms. The van der Waals surface area contributed by atoms with Crippen LogP contribution in [0, 0.1) is 5.41 Å². The first-order valence-corrected chi connectivity index (χ1v) is 8.78.